The predicted octanol–water partition coefficient (Wildman–Crippen LogP) is 1.94. The summed E-state index contributed by atoms with van der Waals surface area (Å²) in [6, 6.07) is 4.26. The normalized spacial score (nSPS) is 11.4. The van der Waals surface area contributed by atoms with Gasteiger partial charge >= 0.3 is 0 Å². The van der Waals surface area contributed by atoms with Crippen LogP contribution in [0.2, 0.25) is 0 Å². The van der Waals surface area contributed by atoms with Crippen LogP contribution in [0, 0.1) is 5.82 Å². The third kappa shape index (κ3) is 5.87. The van der Waals surface area contributed by atoms with Crippen molar-refractivity contribution in [2.24, 2.45) is 5.73 Å². The third-order valence-corrected chi connectivity index (χ3v) is 2.68. The lowest BCUT2D eigenvalue weighted by Crippen LogP contribution is -2.31. The highest BCUT2D eigenvalue weighted by atomic mass is 35.5. The van der Waals surface area contributed by atoms with E-state index in [-0.39, 0.29) is 42.6 Å². The largest absolute Gasteiger partial charge is 0.356 e. The summed E-state index contributed by atoms with van der Waals surface area (Å²) in [6.07, 6.45) is 0.881. The highest BCUT2D eigenvalue weighted by molar-refractivity contribution is 5.85. The van der Waals surface area contributed by atoms with E-state index in [0.717, 1.165) is 11.3 Å². The number of H-pyrrole nitrogens is 1. The second-order valence-corrected chi connectivity index (χ2v) is 4.63. The Balaban J connectivity index is 0.00000200. The van der Waals surface area contributed by atoms with Crippen molar-refractivity contribution in [2.45, 2.75) is 25.8 Å². The van der Waals surface area contributed by atoms with Gasteiger partial charge in [0.15, 0.2) is 0 Å². The lowest BCUT2D eigenvalue weighted by atomic mass is 10.2. The molecule has 21 heavy (non-hydrogen) atoms. The maximum Gasteiger partial charge on any atom is 0.221 e. The first kappa shape index (κ1) is 19.6. The zero-order chi connectivity index (χ0) is 13.8. The smallest absolute Gasteiger partial charge is 0.221 e. The van der Waals surface area contributed by atoms with Crippen LogP contribution in [0.3, 0.4) is 0 Å². The van der Waals surface area contributed by atoms with Crippen LogP contribution in [0.4, 0.5) is 4.39 Å². The van der Waals surface area contributed by atoms with Crippen LogP contribution < -0.4 is 11.1 Å². The van der Waals surface area contributed by atoms with Crippen LogP contribution in [0.15, 0.2) is 18.2 Å². The number of aromatic amines is 1. The Labute approximate surface area is 134 Å². The van der Waals surface area contributed by atoms with Gasteiger partial charge in [0.2, 0.25) is 5.91 Å². The minimum Gasteiger partial charge on any atom is -0.356 e. The number of rotatable bonds is 5. The standard InChI is InChI=1S/C13H17FN4O.2ClH/c1-8(15)6-13(19)16-5-4-12-17-10-3-2-9(14)7-11(10)18-12;;/h2-3,7-8H,4-6,15H2,1H3,(H,16,19)(H,17,18);2*1H. The van der Waals surface area contributed by atoms with Crippen molar-refractivity contribution in [3.05, 3.63) is 29.8 Å². The van der Waals surface area contributed by atoms with E-state index in [2.05, 4.69) is 15.3 Å². The highest BCUT2D eigenvalue weighted by Gasteiger charge is 2.06. The molecule has 0 aliphatic carbocycles. The molecule has 0 saturated heterocycles. The number of halogens is 3. The van der Waals surface area contributed by atoms with Gasteiger partial charge < -0.3 is 16.0 Å². The number of aromatic nitrogens is 2. The highest BCUT2D eigenvalue weighted by Crippen LogP contribution is 2.12. The first-order valence-electron chi connectivity index (χ1n) is 6.21. The van der Waals surface area contributed by atoms with Crippen LogP contribution in [-0.4, -0.2) is 28.5 Å². The van der Waals surface area contributed by atoms with Crippen molar-refractivity contribution in [1.82, 2.24) is 15.3 Å². The molecule has 1 heterocycles. The van der Waals surface area contributed by atoms with E-state index in [1.165, 1.54) is 12.1 Å². The number of carbonyl (C=O) groups excluding carboxylic acids is 1. The molecule has 1 aromatic heterocycles. The lowest BCUT2D eigenvalue weighted by Gasteiger charge is -2.05. The number of nitrogens with two attached hydrogens (primary N) is 1. The Morgan fingerprint density at radius 3 is 2.86 bits per heavy atom. The molecular weight excluding hydrogens is 318 g/mol. The SMILES string of the molecule is CC(N)CC(=O)NCCc1nc2ccc(F)cc2[nH]1.Cl.Cl. The molecule has 0 aliphatic rings. The molecule has 0 radical (unpaired) electrons. The molecular formula is C13H19Cl2FN4O. The molecule has 0 aliphatic heterocycles. The fraction of sp³-hybridized carbons (Fsp3) is 0.385. The van der Waals surface area contributed by atoms with Crippen LogP contribution >= 0.6 is 24.8 Å². The summed E-state index contributed by atoms with van der Waals surface area (Å²) in [7, 11) is 0. The average Bonchev–Trinajstić information content (AvgIpc) is 2.69. The molecule has 118 valence electrons. The number of hydrogen-bond acceptors (Lipinski definition) is 3. The second-order valence-electron chi connectivity index (χ2n) is 4.63. The van der Waals surface area contributed by atoms with Crippen LogP contribution in [0.5, 0.6) is 0 Å². The Morgan fingerprint density at radius 2 is 2.19 bits per heavy atom. The van der Waals surface area contributed by atoms with Crippen LogP contribution in [0.25, 0.3) is 11.0 Å². The second kappa shape index (κ2) is 8.81. The molecule has 4 N–H and O–H groups in total. The molecule has 0 spiro atoms. The van der Waals surface area contributed by atoms with E-state index in [0.29, 0.717) is 24.9 Å². The zero-order valence-electron chi connectivity index (χ0n) is 11.6. The fourth-order valence-corrected chi connectivity index (χ4v) is 1.84. The van der Waals surface area contributed by atoms with E-state index >= 15 is 0 Å². The Morgan fingerprint density at radius 1 is 1.48 bits per heavy atom. The Kier molecular flexibility index (Phi) is 8.24. The topological polar surface area (TPSA) is 83.8 Å². The van der Waals surface area contributed by atoms with Crippen molar-refractivity contribution >= 4 is 41.8 Å². The van der Waals surface area contributed by atoms with E-state index in [1.54, 1.807) is 13.0 Å². The molecule has 0 fully saturated rings. The van der Waals surface area contributed by atoms with E-state index in [1.807, 2.05) is 0 Å². The number of hydrogen-bond donors (Lipinski definition) is 3. The number of amides is 1. The van der Waals surface area contributed by atoms with Crippen LogP contribution in [0.1, 0.15) is 19.2 Å². The van der Waals surface area contributed by atoms with Gasteiger partial charge in [0.1, 0.15) is 11.6 Å². The van der Waals surface area contributed by atoms with Gasteiger partial charge in [0, 0.05) is 25.4 Å². The number of imidazole rings is 1. The predicted molar refractivity (Wildman–Crippen MR) is 85.5 cm³/mol. The molecule has 0 bridgehead atoms. The van der Waals surface area contributed by atoms with Crippen molar-refractivity contribution in [2.75, 3.05) is 6.54 Å². The summed E-state index contributed by atoms with van der Waals surface area (Å²) < 4.78 is 13.0. The molecule has 1 aromatic carbocycles. The minimum atomic E-state index is -0.298. The Bertz CT molecular complexity index is 589. The summed E-state index contributed by atoms with van der Waals surface area (Å²) in [6.45, 7) is 2.27. The number of nitrogens with one attached hydrogen (secondary N) is 2. The minimum absolute atomic E-state index is 0. The van der Waals surface area contributed by atoms with Gasteiger partial charge in [0.25, 0.3) is 0 Å². The summed E-state index contributed by atoms with van der Waals surface area (Å²) in [5, 5.41) is 2.77. The summed E-state index contributed by atoms with van der Waals surface area (Å²) in [4.78, 5) is 18.7. The summed E-state index contributed by atoms with van der Waals surface area (Å²) >= 11 is 0. The first-order chi connectivity index (χ1) is 9.04. The first-order valence-corrected chi connectivity index (χ1v) is 6.21. The number of carbonyl (C=O) groups is 1. The van der Waals surface area contributed by atoms with Gasteiger partial charge in [-0.15, -0.1) is 24.8 Å². The molecule has 0 saturated carbocycles. The van der Waals surface area contributed by atoms with Gasteiger partial charge in [-0.2, -0.15) is 0 Å². The Hall–Kier alpha value is -1.37. The summed E-state index contributed by atoms with van der Waals surface area (Å²) in [5.41, 5.74) is 6.91. The molecule has 2 rings (SSSR count). The fourth-order valence-electron chi connectivity index (χ4n) is 1.84. The summed E-state index contributed by atoms with van der Waals surface area (Å²) in [5.74, 6) is 0.354. The van der Waals surface area contributed by atoms with E-state index in [4.69, 9.17) is 5.73 Å². The van der Waals surface area contributed by atoms with Gasteiger partial charge in [-0.3, -0.25) is 4.79 Å². The van der Waals surface area contributed by atoms with Gasteiger partial charge in [-0.25, -0.2) is 9.37 Å². The molecule has 1 unspecified atom stereocenters. The van der Waals surface area contributed by atoms with E-state index in [9.17, 15) is 9.18 Å². The number of fused-ring (bicyclic) bond motifs is 1. The average molecular weight is 337 g/mol. The monoisotopic (exact) mass is 336 g/mol. The quantitative estimate of drug-likeness (QED) is 0.780. The molecule has 1 atom stereocenters. The number of benzene rings is 1. The van der Waals surface area contributed by atoms with Crippen molar-refractivity contribution in [3.63, 3.8) is 0 Å². The molecule has 1 amide bonds. The lowest BCUT2D eigenvalue weighted by molar-refractivity contribution is -0.121. The van der Waals surface area contributed by atoms with Gasteiger partial charge in [0.05, 0.1) is 11.0 Å². The van der Waals surface area contributed by atoms with Crippen molar-refractivity contribution in [1.29, 1.82) is 0 Å². The third-order valence-electron chi connectivity index (χ3n) is 2.68. The van der Waals surface area contributed by atoms with Crippen molar-refractivity contribution < 1.29 is 9.18 Å². The zero-order valence-corrected chi connectivity index (χ0v) is 13.2. The number of nitrogens with zero attached hydrogens (tertiary/aromatic N) is 1. The molecule has 2 aromatic rings. The van der Waals surface area contributed by atoms with E-state index < -0.39 is 0 Å². The molecule has 8 heteroatoms. The molecule has 5 nitrogen and oxygen atoms in total. The van der Waals surface area contributed by atoms with Crippen LogP contribution in [-0.2, 0) is 11.2 Å². The maximum atomic E-state index is 13.0. The van der Waals surface area contributed by atoms with Crippen molar-refractivity contribution in [3.8, 4) is 0 Å². The van der Waals surface area contributed by atoms with Gasteiger partial charge in [-0.05, 0) is 25.1 Å². The maximum absolute atomic E-state index is 13.0. The van der Waals surface area contributed by atoms with Gasteiger partial charge in [-0.1, -0.05) is 0 Å².